The van der Waals surface area contributed by atoms with E-state index in [1.807, 2.05) is 16.5 Å². The summed E-state index contributed by atoms with van der Waals surface area (Å²) in [5, 5.41) is 11.7. The van der Waals surface area contributed by atoms with Gasteiger partial charge in [0.05, 0.1) is 12.3 Å². The van der Waals surface area contributed by atoms with Crippen molar-refractivity contribution in [2.75, 3.05) is 26.2 Å². The second kappa shape index (κ2) is 8.06. The van der Waals surface area contributed by atoms with Gasteiger partial charge >= 0.3 is 0 Å². The molecule has 0 aromatic carbocycles. The maximum absolute atomic E-state index is 13.3. The Hall–Kier alpha value is -1.44. The minimum Gasteiger partial charge on any atom is -0.395 e. The third-order valence-electron chi connectivity index (χ3n) is 5.77. The van der Waals surface area contributed by atoms with Gasteiger partial charge in [-0.3, -0.25) is 14.1 Å². The van der Waals surface area contributed by atoms with Crippen LogP contribution in [0.5, 0.6) is 0 Å². The van der Waals surface area contributed by atoms with Gasteiger partial charge in [-0.2, -0.15) is 0 Å². The number of aromatic nitrogens is 2. The first-order chi connectivity index (χ1) is 12.8. The summed E-state index contributed by atoms with van der Waals surface area (Å²) in [5.74, 6) is 0.0811. The van der Waals surface area contributed by atoms with E-state index in [9.17, 15) is 9.90 Å². The minimum absolute atomic E-state index is 0.0811. The number of amides is 1. The highest BCUT2D eigenvalue weighted by Crippen LogP contribution is 2.25. The van der Waals surface area contributed by atoms with E-state index in [1.54, 1.807) is 11.3 Å². The molecule has 2 fully saturated rings. The normalized spacial score (nSPS) is 22.7. The summed E-state index contributed by atoms with van der Waals surface area (Å²) in [5.41, 5.74) is 1.59. The van der Waals surface area contributed by atoms with Gasteiger partial charge in [-0.1, -0.05) is 19.3 Å². The fourth-order valence-electron chi connectivity index (χ4n) is 4.26. The highest BCUT2D eigenvalue weighted by molar-refractivity contribution is 7.15. The van der Waals surface area contributed by atoms with Crippen molar-refractivity contribution in [3.8, 4) is 0 Å². The summed E-state index contributed by atoms with van der Waals surface area (Å²) < 4.78 is 2.06. The number of carbonyl (C=O) groups is 1. The Balaban J connectivity index is 1.61. The average Bonchev–Trinajstić information content (AvgIpc) is 3.31. The molecule has 2 aliphatic rings. The van der Waals surface area contributed by atoms with Gasteiger partial charge in [0.25, 0.3) is 5.91 Å². The zero-order valence-electron chi connectivity index (χ0n) is 15.3. The molecule has 2 saturated heterocycles. The molecule has 1 N–H and O–H groups in total. The van der Waals surface area contributed by atoms with E-state index >= 15 is 0 Å². The Bertz CT molecular complexity index is 748. The van der Waals surface area contributed by atoms with Crippen molar-refractivity contribution in [3.63, 3.8) is 0 Å². The number of carbonyl (C=O) groups excluding carboxylic acids is 1. The van der Waals surface area contributed by atoms with E-state index in [4.69, 9.17) is 4.98 Å². The lowest BCUT2D eigenvalue weighted by Crippen LogP contribution is -2.36. The van der Waals surface area contributed by atoms with Crippen LogP contribution in [0.1, 0.15) is 61.1 Å². The Labute approximate surface area is 158 Å². The number of hydrogen-bond acceptors (Lipinski definition) is 5. The number of imidazole rings is 1. The van der Waals surface area contributed by atoms with Gasteiger partial charge < -0.3 is 10.0 Å². The zero-order valence-corrected chi connectivity index (χ0v) is 16.1. The van der Waals surface area contributed by atoms with Crippen LogP contribution in [0, 0.1) is 0 Å². The first-order valence-corrected chi connectivity index (χ1v) is 10.7. The zero-order chi connectivity index (χ0) is 17.9. The third-order valence-corrected chi connectivity index (χ3v) is 6.53. The molecule has 2 aromatic rings. The molecule has 0 unspecified atom stereocenters. The highest BCUT2D eigenvalue weighted by Gasteiger charge is 2.29. The van der Waals surface area contributed by atoms with Crippen molar-refractivity contribution in [1.82, 2.24) is 19.2 Å². The monoisotopic (exact) mass is 376 g/mol. The number of rotatable bonds is 4. The fraction of sp³-hybridized carbons (Fsp3) is 0.684. The largest absolute Gasteiger partial charge is 0.395 e. The topological polar surface area (TPSA) is 61.1 Å². The Morgan fingerprint density at radius 2 is 1.92 bits per heavy atom. The van der Waals surface area contributed by atoms with Crippen molar-refractivity contribution in [3.05, 3.63) is 23.0 Å². The molecule has 0 spiro atoms. The molecule has 1 atom stereocenters. The summed E-state index contributed by atoms with van der Waals surface area (Å²) in [6.45, 7) is 3.51. The van der Waals surface area contributed by atoms with Gasteiger partial charge in [-0.25, -0.2) is 4.98 Å². The smallest absolute Gasteiger partial charge is 0.274 e. The van der Waals surface area contributed by atoms with Crippen LogP contribution < -0.4 is 0 Å². The molecule has 7 heteroatoms. The molecular weight excluding hydrogens is 348 g/mol. The number of likely N-dealkylation sites (tertiary alicyclic amines) is 2. The molecule has 1 amide bonds. The number of aliphatic hydroxyl groups is 1. The first-order valence-electron chi connectivity index (χ1n) is 9.86. The van der Waals surface area contributed by atoms with Crippen LogP contribution in [0.3, 0.4) is 0 Å². The summed E-state index contributed by atoms with van der Waals surface area (Å²) in [6.07, 6.45) is 10.0. The second-order valence-electron chi connectivity index (χ2n) is 7.47. The third kappa shape index (κ3) is 3.52. The second-order valence-corrected chi connectivity index (χ2v) is 8.34. The minimum atomic E-state index is 0.0811. The van der Waals surface area contributed by atoms with Gasteiger partial charge in [-0.15, -0.1) is 11.3 Å². The van der Waals surface area contributed by atoms with E-state index in [2.05, 4.69) is 9.30 Å². The predicted molar refractivity (Wildman–Crippen MR) is 103 cm³/mol. The van der Waals surface area contributed by atoms with E-state index in [-0.39, 0.29) is 18.6 Å². The lowest BCUT2D eigenvalue weighted by Gasteiger charge is -2.26. The van der Waals surface area contributed by atoms with Gasteiger partial charge in [0.2, 0.25) is 0 Å². The lowest BCUT2D eigenvalue weighted by molar-refractivity contribution is 0.0733. The maximum atomic E-state index is 13.3. The van der Waals surface area contributed by atoms with Gasteiger partial charge in [0, 0.05) is 37.3 Å². The molecule has 0 saturated carbocycles. The van der Waals surface area contributed by atoms with Crippen molar-refractivity contribution in [2.45, 2.75) is 57.5 Å². The molecule has 4 heterocycles. The molecule has 142 valence electrons. The van der Waals surface area contributed by atoms with Crippen molar-refractivity contribution < 1.29 is 9.90 Å². The van der Waals surface area contributed by atoms with Crippen LogP contribution in [-0.2, 0) is 6.54 Å². The number of thiazole rings is 1. The summed E-state index contributed by atoms with van der Waals surface area (Å²) in [7, 11) is 0. The molecule has 2 aromatic heterocycles. The highest BCUT2D eigenvalue weighted by atomic mass is 32.1. The molecule has 0 bridgehead atoms. The number of aliphatic hydroxyl groups excluding tert-OH is 1. The Kier molecular flexibility index (Phi) is 5.57. The van der Waals surface area contributed by atoms with E-state index in [0.29, 0.717) is 12.2 Å². The first kappa shape index (κ1) is 17.9. The predicted octanol–water partition coefficient (Wildman–Crippen LogP) is 2.76. The fourth-order valence-corrected chi connectivity index (χ4v) is 4.99. The molecule has 0 aliphatic carbocycles. The summed E-state index contributed by atoms with van der Waals surface area (Å²) >= 11 is 1.57. The maximum Gasteiger partial charge on any atom is 0.274 e. The summed E-state index contributed by atoms with van der Waals surface area (Å²) in [4.78, 5) is 23.1. The lowest BCUT2D eigenvalue weighted by atomic mass is 10.1. The van der Waals surface area contributed by atoms with Crippen LogP contribution in [0.25, 0.3) is 4.96 Å². The van der Waals surface area contributed by atoms with E-state index in [1.165, 1.54) is 19.3 Å². The van der Waals surface area contributed by atoms with E-state index < -0.39 is 0 Å². The van der Waals surface area contributed by atoms with Gasteiger partial charge in [0.1, 0.15) is 0 Å². The van der Waals surface area contributed by atoms with Gasteiger partial charge in [0.15, 0.2) is 10.7 Å². The van der Waals surface area contributed by atoms with Gasteiger partial charge in [-0.05, 0) is 32.2 Å². The van der Waals surface area contributed by atoms with Crippen LogP contribution in [0.4, 0.5) is 0 Å². The Morgan fingerprint density at radius 1 is 1.15 bits per heavy atom. The molecule has 6 nitrogen and oxygen atoms in total. The van der Waals surface area contributed by atoms with Crippen LogP contribution in [0.15, 0.2) is 11.6 Å². The van der Waals surface area contributed by atoms with Crippen LogP contribution in [-0.4, -0.2) is 62.5 Å². The van der Waals surface area contributed by atoms with Crippen LogP contribution in [0.2, 0.25) is 0 Å². The average molecular weight is 377 g/mol. The summed E-state index contributed by atoms with van der Waals surface area (Å²) in [6, 6.07) is 0.198. The van der Waals surface area contributed by atoms with Crippen LogP contribution >= 0.6 is 11.3 Å². The van der Waals surface area contributed by atoms with Crippen molar-refractivity contribution in [2.24, 2.45) is 0 Å². The quantitative estimate of drug-likeness (QED) is 0.891. The number of nitrogens with zero attached hydrogens (tertiary/aromatic N) is 4. The van der Waals surface area contributed by atoms with E-state index in [0.717, 1.165) is 56.0 Å². The standard InChI is InChI=1S/C19H28N4O2S/c24-14-15-7-6-10-22(15)13-16-17(20-19-23(16)11-12-26-19)18(25)21-8-4-2-1-3-5-9-21/h11-12,15,24H,1-10,13-14H2/t15-/m0/s1. The number of fused-ring (bicyclic) bond motifs is 1. The molecule has 4 rings (SSSR count). The van der Waals surface area contributed by atoms with Crippen molar-refractivity contribution >= 4 is 22.2 Å². The Morgan fingerprint density at radius 3 is 2.69 bits per heavy atom. The SMILES string of the molecule is O=C(c1nc2sccn2c1CN1CCC[C@H]1CO)N1CCCCCCC1. The molecule has 2 aliphatic heterocycles. The molecular formula is C19H28N4O2S. The molecule has 0 radical (unpaired) electrons. The number of hydrogen-bond donors (Lipinski definition) is 1. The molecule has 26 heavy (non-hydrogen) atoms. The van der Waals surface area contributed by atoms with Crippen molar-refractivity contribution in [1.29, 1.82) is 0 Å².